The summed E-state index contributed by atoms with van der Waals surface area (Å²) in [7, 11) is 0. The number of ether oxygens (including phenoxy) is 1. The van der Waals surface area contributed by atoms with Crippen LogP contribution in [-0.2, 0) is 16.0 Å². The summed E-state index contributed by atoms with van der Waals surface area (Å²) in [5, 5.41) is 0. The first-order valence-corrected chi connectivity index (χ1v) is 6.09. The average molecular weight is 248 g/mol. The van der Waals surface area contributed by atoms with E-state index in [-0.39, 0.29) is 11.9 Å². The Morgan fingerprint density at radius 3 is 2.61 bits per heavy atom. The lowest BCUT2D eigenvalue weighted by atomic mass is 9.99. The largest absolute Gasteiger partial charge is 0.460 e. The first-order chi connectivity index (χ1) is 8.31. The second-order valence-electron chi connectivity index (χ2n) is 5.50. The van der Waals surface area contributed by atoms with Gasteiger partial charge in [-0.2, -0.15) is 0 Å². The second kappa shape index (κ2) is 5.80. The second-order valence-corrected chi connectivity index (χ2v) is 5.50. The van der Waals surface area contributed by atoms with Crippen molar-refractivity contribution >= 4 is 12.3 Å². The van der Waals surface area contributed by atoms with Crippen LogP contribution in [0.25, 0.3) is 0 Å². The number of carbonyl (C=O) groups is 2. The standard InChI is InChI=1S/C15H20O3/c1-11(14(17)18-15(2,3)4)8-12-6-5-7-13(9-12)10-16/h5-7,9-11H,8H2,1-4H3/t11-/m1/s1. The molecule has 0 bridgehead atoms. The summed E-state index contributed by atoms with van der Waals surface area (Å²) in [6, 6.07) is 7.28. The van der Waals surface area contributed by atoms with Gasteiger partial charge < -0.3 is 4.74 Å². The quantitative estimate of drug-likeness (QED) is 0.607. The van der Waals surface area contributed by atoms with Crippen molar-refractivity contribution in [3.05, 3.63) is 35.4 Å². The molecule has 0 heterocycles. The molecule has 0 fully saturated rings. The van der Waals surface area contributed by atoms with Crippen molar-refractivity contribution in [1.82, 2.24) is 0 Å². The molecular formula is C15H20O3. The Labute approximate surface area is 108 Å². The first-order valence-electron chi connectivity index (χ1n) is 6.09. The molecule has 0 saturated carbocycles. The van der Waals surface area contributed by atoms with E-state index in [1.165, 1.54) is 0 Å². The van der Waals surface area contributed by atoms with E-state index >= 15 is 0 Å². The van der Waals surface area contributed by atoms with Gasteiger partial charge in [0.2, 0.25) is 0 Å². The maximum atomic E-state index is 11.8. The van der Waals surface area contributed by atoms with Crippen molar-refractivity contribution in [3.63, 3.8) is 0 Å². The molecule has 1 atom stereocenters. The van der Waals surface area contributed by atoms with Crippen LogP contribution in [0.5, 0.6) is 0 Å². The van der Waals surface area contributed by atoms with Crippen LogP contribution < -0.4 is 0 Å². The van der Waals surface area contributed by atoms with Crippen LogP contribution in [0.3, 0.4) is 0 Å². The van der Waals surface area contributed by atoms with Crippen molar-refractivity contribution in [2.45, 2.75) is 39.7 Å². The Morgan fingerprint density at radius 1 is 1.39 bits per heavy atom. The van der Waals surface area contributed by atoms with Crippen molar-refractivity contribution in [3.8, 4) is 0 Å². The average Bonchev–Trinajstić information content (AvgIpc) is 2.27. The highest BCUT2D eigenvalue weighted by molar-refractivity contribution is 5.75. The van der Waals surface area contributed by atoms with Crippen LogP contribution in [-0.4, -0.2) is 17.9 Å². The molecule has 0 aromatic heterocycles. The Morgan fingerprint density at radius 2 is 2.06 bits per heavy atom. The number of aldehydes is 1. The number of hydrogen-bond donors (Lipinski definition) is 0. The highest BCUT2D eigenvalue weighted by Crippen LogP contribution is 2.15. The molecule has 3 heteroatoms. The molecule has 1 aromatic carbocycles. The van der Waals surface area contributed by atoms with Gasteiger partial charge in [-0.05, 0) is 38.8 Å². The summed E-state index contributed by atoms with van der Waals surface area (Å²) in [4.78, 5) is 22.5. The number of esters is 1. The predicted molar refractivity (Wildman–Crippen MR) is 70.5 cm³/mol. The molecule has 1 rings (SSSR count). The van der Waals surface area contributed by atoms with Crippen LogP contribution in [0.4, 0.5) is 0 Å². The monoisotopic (exact) mass is 248 g/mol. The SMILES string of the molecule is C[C@H](Cc1cccc(C=O)c1)C(=O)OC(C)(C)C. The molecule has 3 nitrogen and oxygen atoms in total. The summed E-state index contributed by atoms with van der Waals surface area (Å²) >= 11 is 0. The molecule has 18 heavy (non-hydrogen) atoms. The van der Waals surface area contributed by atoms with Gasteiger partial charge in [0.25, 0.3) is 0 Å². The topological polar surface area (TPSA) is 43.4 Å². The van der Waals surface area contributed by atoms with Gasteiger partial charge in [-0.1, -0.05) is 25.1 Å². The molecule has 0 aliphatic rings. The van der Waals surface area contributed by atoms with Gasteiger partial charge in [-0.15, -0.1) is 0 Å². The zero-order valence-corrected chi connectivity index (χ0v) is 11.4. The third kappa shape index (κ3) is 4.70. The van der Waals surface area contributed by atoms with Crippen LogP contribution in [0.15, 0.2) is 24.3 Å². The van der Waals surface area contributed by atoms with Gasteiger partial charge >= 0.3 is 5.97 Å². The smallest absolute Gasteiger partial charge is 0.309 e. The summed E-state index contributed by atoms with van der Waals surface area (Å²) in [6.45, 7) is 7.39. The maximum absolute atomic E-state index is 11.8. The van der Waals surface area contributed by atoms with Crippen molar-refractivity contribution < 1.29 is 14.3 Å². The number of carbonyl (C=O) groups excluding carboxylic acids is 2. The lowest BCUT2D eigenvalue weighted by Crippen LogP contribution is -2.28. The molecule has 0 unspecified atom stereocenters. The molecule has 1 aromatic rings. The third-order valence-electron chi connectivity index (χ3n) is 2.44. The fraction of sp³-hybridized carbons (Fsp3) is 0.467. The van der Waals surface area contributed by atoms with Gasteiger partial charge in [0.1, 0.15) is 11.9 Å². The Kier molecular flexibility index (Phi) is 4.65. The number of hydrogen-bond acceptors (Lipinski definition) is 3. The minimum Gasteiger partial charge on any atom is -0.460 e. The Bertz CT molecular complexity index is 430. The summed E-state index contributed by atoms with van der Waals surface area (Å²) in [5.74, 6) is -0.426. The van der Waals surface area contributed by atoms with Crippen LogP contribution >= 0.6 is 0 Å². The van der Waals surface area contributed by atoms with Crippen LogP contribution in [0, 0.1) is 5.92 Å². The van der Waals surface area contributed by atoms with E-state index in [0.29, 0.717) is 12.0 Å². The van der Waals surface area contributed by atoms with Crippen molar-refractivity contribution in [1.29, 1.82) is 0 Å². The molecule has 0 aliphatic heterocycles. The van der Waals surface area contributed by atoms with E-state index < -0.39 is 5.60 Å². The zero-order valence-electron chi connectivity index (χ0n) is 11.4. The van der Waals surface area contributed by atoms with Crippen molar-refractivity contribution in [2.75, 3.05) is 0 Å². The highest BCUT2D eigenvalue weighted by Gasteiger charge is 2.21. The minimum absolute atomic E-state index is 0.209. The molecular weight excluding hydrogens is 228 g/mol. The molecule has 0 radical (unpaired) electrons. The lowest BCUT2D eigenvalue weighted by Gasteiger charge is -2.22. The van der Waals surface area contributed by atoms with E-state index in [1.807, 2.05) is 39.8 Å². The van der Waals surface area contributed by atoms with Gasteiger partial charge in [0.05, 0.1) is 5.92 Å². The third-order valence-corrected chi connectivity index (χ3v) is 2.44. The first kappa shape index (κ1) is 14.4. The van der Waals surface area contributed by atoms with E-state index in [0.717, 1.165) is 11.8 Å². The van der Waals surface area contributed by atoms with Crippen molar-refractivity contribution in [2.24, 2.45) is 5.92 Å². The lowest BCUT2D eigenvalue weighted by molar-refractivity contribution is -0.159. The zero-order chi connectivity index (χ0) is 13.8. The fourth-order valence-electron chi connectivity index (χ4n) is 1.63. The van der Waals surface area contributed by atoms with Gasteiger partial charge in [0, 0.05) is 5.56 Å². The van der Waals surface area contributed by atoms with E-state index in [4.69, 9.17) is 4.74 Å². The molecule has 0 N–H and O–H groups in total. The normalized spacial score (nSPS) is 12.9. The van der Waals surface area contributed by atoms with Gasteiger partial charge in [-0.25, -0.2) is 0 Å². The van der Waals surface area contributed by atoms with E-state index in [9.17, 15) is 9.59 Å². The molecule has 0 aliphatic carbocycles. The molecule has 0 saturated heterocycles. The summed E-state index contributed by atoms with van der Waals surface area (Å²) in [5.41, 5.74) is 1.14. The fourth-order valence-corrected chi connectivity index (χ4v) is 1.63. The Hall–Kier alpha value is -1.64. The molecule has 0 spiro atoms. The minimum atomic E-state index is -0.462. The predicted octanol–water partition coefficient (Wildman–Crippen LogP) is 3.02. The highest BCUT2D eigenvalue weighted by atomic mass is 16.6. The van der Waals surface area contributed by atoms with Crippen LogP contribution in [0.2, 0.25) is 0 Å². The summed E-state index contributed by atoms with van der Waals surface area (Å²) in [6.07, 6.45) is 1.39. The van der Waals surface area contributed by atoms with E-state index in [2.05, 4.69) is 0 Å². The molecule has 98 valence electrons. The van der Waals surface area contributed by atoms with Gasteiger partial charge in [0.15, 0.2) is 0 Å². The number of rotatable bonds is 4. The Balaban J connectivity index is 2.66. The maximum Gasteiger partial charge on any atom is 0.309 e. The molecule has 0 amide bonds. The van der Waals surface area contributed by atoms with Crippen LogP contribution in [0.1, 0.15) is 43.6 Å². The van der Waals surface area contributed by atoms with Gasteiger partial charge in [-0.3, -0.25) is 9.59 Å². The van der Waals surface area contributed by atoms with E-state index in [1.54, 1.807) is 12.1 Å². The number of benzene rings is 1. The summed E-state index contributed by atoms with van der Waals surface area (Å²) < 4.78 is 5.32.